The molecule has 13 heavy (non-hydrogen) atoms. The van der Waals surface area contributed by atoms with E-state index >= 15 is 0 Å². The molecule has 2 rings (SSSR count). The van der Waals surface area contributed by atoms with Gasteiger partial charge >= 0.3 is 0 Å². The number of hydrogen-bond acceptors (Lipinski definition) is 2. The van der Waals surface area contributed by atoms with Crippen molar-refractivity contribution in [2.75, 3.05) is 6.61 Å². The molecule has 3 heteroatoms. The minimum Gasteiger partial charge on any atom is -0.356 e. The molecule has 0 aromatic heterocycles. The van der Waals surface area contributed by atoms with E-state index in [-0.39, 0.29) is 12.1 Å². The summed E-state index contributed by atoms with van der Waals surface area (Å²) in [6.07, 6.45) is 2.82. The van der Waals surface area contributed by atoms with Crippen LogP contribution in [0.4, 0.5) is 0 Å². The summed E-state index contributed by atoms with van der Waals surface area (Å²) in [6, 6.07) is 0.317. The second kappa shape index (κ2) is 3.29. The molecule has 2 saturated heterocycles. The van der Waals surface area contributed by atoms with Crippen LogP contribution in [0, 0.1) is 5.92 Å². The van der Waals surface area contributed by atoms with Crippen molar-refractivity contribution in [2.45, 2.75) is 45.4 Å². The van der Waals surface area contributed by atoms with Crippen molar-refractivity contribution >= 4 is 5.91 Å². The minimum absolute atomic E-state index is 0.0913. The minimum atomic E-state index is 0.0913. The van der Waals surface area contributed by atoms with E-state index in [0.29, 0.717) is 18.4 Å². The zero-order chi connectivity index (χ0) is 9.42. The van der Waals surface area contributed by atoms with Gasteiger partial charge in [-0.2, -0.15) is 0 Å². The molecule has 0 radical (unpaired) electrons. The number of amides is 1. The van der Waals surface area contributed by atoms with Crippen LogP contribution in [-0.2, 0) is 9.53 Å². The van der Waals surface area contributed by atoms with Gasteiger partial charge < -0.3 is 9.64 Å². The Bertz CT molecular complexity index is 215. The lowest BCUT2D eigenvalue weighted by molar-refractivity contribution is -0.142. The Morgan fingerprint density at radius 2 is 2.31 bits per heavy atom. The first-order valence-electron chi connectivity index (χ1n) is 5.13. The van der Waals surface area contributed by atoms with Crippen molar-refractivity contribution < 1.29 is 9.53 Å². The Labute approximate surface area is 79.0 Å². The standard InChI is InChI=1S/C10H17NO2/c1-7(2)8-6-13-10-5-3-4-9(12)11(8)10/h7-8,10H,3-6H2,1-2H3/t8-,10+/m1/s1. The third-order valence-electron chi connectivity index (χ3n) is 3.03. The third kappa shape index (κ3) is 1.46. The Kier molecular flexibility index (Phi) is 2.28. The maximum Gasteiger partial charge on any atom is 0.224 e. The lowest BCUT2D eigenvalue weighted by Gasteiger charge is -2.33. The first-order valence-corrected chi connectivity index (χ1v) is 5.13. The lowest BCUT2D eigenvalue weighted by atomic mass is 10.0. The molecule has 0 spiro atoms. The van der Waals surface area contributed by atoms with Gasteiger partial charge in [0.05, 0.1) is 12.6 Å². The van der Waals surface area contributed by atoms with Gasteiger partial charge in [-0.05, 0) is 18.8 Å². The topological polar surface area (TPSA) is 29.5 Å². The van der Waals surface area contributed by atoms with Crippen LogP contribution in [0.3, 0.4) is 0 Å². The van der Waals surface area contributed by atoms with Gasteiger partial charge in [-0.15, -0.1) is 0 Å². The summed E-state index contributed by atoms with van der Waals surface area (Å²) in [5.41, 5.74) is 0. The second-order valence-corrected chi connectivity index (χ2v) is 4.29. The van der Waals surface area contributed by atoms with Crippen LogP contribution in [0.25, 0.3) is 0 Å². The Morgan fingerprint density at radius 1 is 1.54 bits per heavy atom. The molecule has 3 nitrogen and oxygen atoms in total. The van der Waals surface area contributed by atoms with E-state index in [1.165, 1.54) is 0 Å². The number of fused-ring (bicyclic) bond motifs is 1. The zero-order valence-electron chi connectivity index (χ0n) is 8.32. The van der Waals surface area contributed by atoms with Gasteiger partial charge in [-0.25, -0.2) is 0 Å². The van der Waals surface area contributed by atoms with Crippen LogP contribution < -0.4 is 0 Å². The predicted octanol–water partition coefficient (Wildman–Crippen LogP) is 1.38. The highest BCUT2D eigenvalue weighted by atomic mass is 16.5. The largest absolute Gasteiger partial charge is 0.356 e. The van der Waals surface area contributed by atoms with Crippen molar-refractivity contribution in [1.82, 2.24) is 4.90 Å². The van der Waals surface area contributed by atoms with Gasteiger partial charge in [0.25, 0.3) is 0 Å². The fraction of sp³-hybridized carbons (Fsp3) is 0.900. The van der Waals surface area contributed by atoms with Crippen molar-refractivity contribution in [2.24, 2.45) is 5.92 Å². The molecule has 0 N–H and O–H groups in total. The Hall–Kier alpha value is -0.570. The monoisotopic (exact) mass is 183 g/mol. The van der Waals surface area contributed by atoms with E-state index in [1.807, 2.05) is 4.90 Å². The summed E-state index contributed by atoms with van der Waals surface area (Å²) in [4.78, 5) is 13.6. The fourth-order valence-corrected chi connectivity index (χ4v) is 2.22. The number of carbonyl (C=O) groups excluding carboxylic acids is 1. The highest BCUT2D eigenvalue weighted by Gasteiger charge is 2.40. The van der Waals surface area contributed by atoms with E-state index in [0.717, 1.165) is 19.4 Å². The van der Waals surface area contributed by atoms with Crippen LogP contribution in [0.15, 0.2) is 0 Å². The highest BCUT2D eigenvalue weighted by molar-refractivity contribution is 5.77. The van der Waals surface area contributed by atoms with Crippen molar-refractivity contribution in [3.05, 3.63) is 0 Å². The van der Waals surface area contributed by atoms with E-state index in [2.05, 4.69) is 13.8 Å². The maximum atomic E-state index is 11.6. The van der Waals surface area contributed by atoms with E-state index < -0.39 is 0 Å². The number of rotatable bonds is 1. The molecular weight excluding hydrogens is 166 g/mol. The summed E-state index contributed by atoms with van der Waals surface area (Å²) < 4.78 is 5.61. The quantitative estimate of drug-likeness (QED) is 0.614. The molecule has 74 valence electrons. The van der Waals surface area contributed by atoms with Gasteiger partial charge in [0, 0.05) is 6.42 Å². The molecule has 0 unspecified atom stereocenters. The van der Waals surface area contributed by atoms with E-state index in [1.54, 1.807) is 0 Å². The molecule has 0 aromatic rings. The highest BCUT2D eigenvalue weighted by Crippen LogP contribution is 2.30. The van der Waals surface area contributed by atoms with Crippen LogP contribution in [-0.4, -0.2) is 29.7 Å². The number of piperidine rings is 1. The van der Waals surface area contributed by atoms with Gasteiger partial charge in [-0.3, -0.25) is 4.79 Å². The molecule has 2 atom stereocenters. The molecule has 2 fully saturated rings. The normalized spacial score (nSPS) is 34.1. The molecule has 2 aliphatic rings. The van der Waals surface area contributed by atoms with Gasteiger partial charge in [-0.1, -0.05) is 13.8 Å². The lowest BCUT2D eigenvalue weighted by Crippen LogP contribution is -2.46. The number of ether oxygens (including phenoxy) is 1. The molecule has 1 amide bonds. The van der Waals surface area contributed by atoms with Crippen LogP contribution >= 0.6 is 0 Å². The summed E-state index contributed by atoms with van der Waals surface area (Å²) in [7, 11) is 0. The zero-order valence-corrected chi connectivity index (χ0v) is 8.32. The molecule has 2 aliphatic heterocycles. The fourth-order valence-electron chi connectivity index (χ4n) is 2.22. The number of carbonyl (C=O) groups is 1. The van der Waals surface area contributed by atoms with E-state index in [4.69, 9.17) is 4.74 Å². The van der Waals surface area contributed by atoms with Gasteiger partial charge in [0.2, 0.25) is 5.91 Å². The van der Waals surface area contributed by atoms with Crippen molar-refractivity contribution in [3.63, 3.8) is 0 Å². The molecule has 0 aromatic carbocycles. The average molecular weight is 183 g/mol. The molecule has 0 aliphatic carbocycles. The van der Waals surface area contributed by atoms with E-state index in [9.17, 15) is 4.79 Å². The molecule has 2 heterocycles. The summed E-state index contributed by atoms with van der Waals surface area (Å²) in [5.74, 6) is 0.791. The number of nitrogens with zero attached hydrogens (tertiary/aromatic N) is 1. The molecule has 0 bridgehead atoms. The first-order chi connectivity index (χ1) is 6.20. The average Bonchev–Trinajstić information content (AvgIpc) is 2.49. The maximum absolute atomic E-state index is 11.6. The summed E-state index contributed by atoms with van der Waals surface area (Å²) in [6.45, 7) is 5.03. The number of hydrogen-bond donors (Lipinski definition) is 0. The second-order valence-electron chi connectivity index (χ2n) is 4.29. The Morgan fingerprint density at radius 3 is 3.00 bits per heavy atom. The molecular formula is C10H17NO2. The van der Waals surface area contributed by atoms with Crippen LogP contribution in [0.2, 0.25) is 0 Å². The third-order valence-corrected chi connectivity index (χ3v) is 3.03. The first kappa shape index (κ1) is 9.00. The van der Waals surface area contributed by atoms with Crippen molar-refractivity contribution in [1.29, 1.82) is 0 Å². The van der Waals surface area contributed by atoms with Crippen molar-refractivity contribution in [3.8, 4) is 0 Å². The van der Waals surface area contributed by atoms with Crippen LogP contribution in [0.5, 0.6) is 0 Å². The smallest absolute Gasteiger partial charge is 0.224 e. The molecule has 0 saturated carbocycles. The summed E-state index contributed by atoms with van der Waals surface area (Å²) in [5, 5.41) is 0. The Balaban J connectivity index is 2.13. The summed E-state index contributed by atoms with van der Waals surface area (Å²) >= 11 is 0. The van der Waals surface area contributed by atoms with Crippen LogP contribution in [0.1, 0.15) is 33.1 Å². The SMILES string of the molecule is CC(C)[C@H]1CO[C@H]2CCCC(=O)N21. The van der Waals surface area contributed by atoms with Gasteiger partial charge in [0.1, 0.15) is 6.23 Å². The van der Waals surface area contributed by atoms with Gasteiger partial charge in [0.15, 0.2) is 0 Å². The predicted molar refractivity (Wildman–Crippen MR) is 49.1 cm³/mol.